The van der Waals surface area contributed by atoms with Gasteiger partial charge in [0, 0.05) is 12.6 Å². The van der Waals surface area contributed by atoms with Gasteiger partial charge in [0.25, 0.3) is 0 Å². The fourth-order valence-electron chi connectivity index (χ4n) is 3.10. The maximum atomic E-state index is 8.93. The summed E-state index contributed by atoms with van der Waals surface area (Å²) in [6, 6.07) is 0.278. The van der Waals surface area contributed by atoms with Crippen molar-refractivity contribution in [2.45, 2.75) is 58.6 Å². The van der Waals surface area contributed by atoms with Crippen LogP contribution in [0.3, 0.4) is 0 Å². The Bertz CT molecular complexity index is 218. The Hall–Kier alpha value is -0.120. The van der Waals surface area contributed by atoms with E-state index in [1.807, 2.05) is 7.05 Å². The van der Waals surface area contributed by atoms with Gasteiger partial charge in [-0.15, -0.1) is 0 Å². The third kappa shape index (κ3) is 5.36. The molecule has 1 fully saturated rings. The molecule has 0 saturated heterocycles. The van der Waals surface area contributed by atoms with Crippen molar-refractivity contribution >= 4 is 0 Å². The Kier molecular flexibility index (Phi) is 5.90. The quantitative estimate of drug-likeness (QED) is 0.751. The van der Waals surface area contributed by atoms with Crippen LogP contribution in [-0.4, -0.2) is 37.5 Å². The Labute approximate surface area is 106 Å². The van der Waals surface area contributed by atoms with Gasteiger partial charge < -0.3 is 15.2 Å². The summed E-state index contributed by atoms with van der Waals surface area (Å²) in [5.41, 5.74) is 0.411. The molecule has 0 heterocycles. The first kappa shape index (κ1) is 14.9. The van der Waals surface area contributed by atoms with Crippen molar-refractivity contribution in [1.82, 2.24) is 5.32 Å². The summed E-state index contributed by atoms with van der Waals surface area (Å²) in [6.07, 6.45) is 4.80. The van der Waals surface area contributed by atoms with Gasteiger partial charge in [0.1, 0.15) is 0 Å². The number of likely N-dealkylation sites (N-methyl/N-ethyl adjacent to an activating group) is 1. The van der Waals surface area contributed by atoms with Gasteiger partial charge in [-0.25, -0.2) is 0 Å². The molecule has 0 bridgehead atoms. The van der Waals surface area contributed by atoms with E-state index in [2.05, 4.69) is 26.1 Å². The molecule has 3 heteroatoms. The molecule has 0 radical (unpaired) electrons. The smallest absolute Gasteiger partial charge is 0.0624 e. The first-order chi connectivity index (χ1) is 7.96. The zero-order valence-electron chi connectivity index (χ0n) is 11.8. The lowest BCUT2D eigenvalue weighted by molar-refractivity contribution is -0.0318. The summed E-state index contributed by atoms with van der Waals surface area (Å²) in [6.45, 7) is 7.93. The summed E-state index contributed by atoms with van der Waals surface area (Å²) < 4.78 is 6.02. The Morgan fingerprint density at radius 2 is 2.12 bits per heavy atom. The number of aliphatic hydroxyl groups excluding tert-OH is 1. The maximum Gasteiger partial charge on any atom is 0.0624 e. The van der Waals surface area contributed by atoms with Crippen LogP contribution in [0, 0.1) is 11.3 Å². The minimum atomic E-state index is 0.224. The van der Waals surface area contributed by atoms with E-state index >= 15 is 0 Å². The Balaban J connectivity index is 2.35. The van der Waals surface area contributed by atoms with Crippen LogP contribution in [0.1, 0.15) is 46.5 Å². The topological polar surface area (TPSA) is 41.5 Å². The van der Waals surface area contributed by atoms with Gasteiger partial charge in [-0.2, -0.15) is 0 Å². The lowest BCUT2D eigenvalue weighted by Gasteiger charge is -2.39. The molecule has 0 aromatic rings. The van der Waals surface area contributed by atoms with Crippen LogP contribution in [-0.2, 0) is 4.74 Å². The van der Waals surface area contributed by atoms with Gasteiger partial charge in [0.2, 0.25) is 0 Å². The minimum absolute atomic E-state index is 0.224. The molecular weight excluding hydrogens is 214 g/mol. The van der Waals surface area contributed by atoms with Crippen LogP contribution >= 0.6 is 0 Å². The third-order valence-corrected chi connectivity index (χ3v) is 3.77. The van der Waals surface area contributed by atoms with E-state index in [1.165, 1.54) is 12.8 Å². The third-order valence-electron chi connectivity index (χ3n) is 3.77. The number of rotatable bonds is 6. The van der Waals surface area contributed by atoms with E-state index in [0.717, 1.165) is 18.8 Å². The van der Waals surface area contributed by atoms with E-state index in [4.69, 9.17) is 9.84 Å². The second kappa shape index (κ2) is 6.72. The van der Waals surface area contributed by atoms with E-state index in [0.29, 0.717) is 18.1 Å². The van der Waals surface area contributed by atoms with Crippen LogP contribution in [0.2, 0.25) is 0 Å². The standard InChI is InChI=1S/C14H29NO2/c1-11-7-13(9-14(2,3)8-11)17-10-12(15-4)5-6-16/h11-13,15-16H,5-10H2,1-4H3. The van der Waals surface area contributed by atoms with Crippen molar-refractivity contribution in [2.75, 3.05) is 20.3 Å². The van der Waals surface area contributed by atoms with Crippen molar-refractivity contribution in [3.05, 3.63) is 0 Å². The monoisotopic (exact) mass is 243 g/mol. The molecule has 102 valence electrons. The average Bonchev–Trinajstić information content (AvgIpc) is 2.21. The van der Waals surface area contributed by atoms with Gasteiger partial charge in [-0.1, -0.05) is 20.8 Å². The fraction of sp³-hybridized carbons (Fsp3) is 1.00. The zero-order chi connectivity index (χ0) is 12.9. The molecule has 2 N–H and O–H groups in total. The van der Waals surface area contributed by atoms with Crippen LogP contribution < -0.4 is 5.32 Å². The number of hydrogen-bond donors (Lipinski definition) is 2. The van der Waals surface area contributed by atoms with Gasteiger partial charge >= 0.3 is 0 Å². The molecule has 0 spiro atoms. The number of hydrogen-bond acceptors (Lipinski definition) is 3. The van der Waals surface area contributed by atoms with Crippen LogP contribution in [0.4, 0.5) is 0 Å². The van der Waals surface area contributed by atoms with E-state index < -0.39 is 0 Å². The highest BCUT2D eigenvalue weighted by Crippen LogP contribution is 2.39. The molecule has 0 aromatic carbocycles. The molecule has 1 aliphatic rings. The molecule has 3 nitrogen and oxygen atoms in total. The SMILES string of the molecule is CNC(CCO)COC1CC(C)CC(C)(C)C1. The van der Waals surface area contributed by atoms with Crippen molar-refractivity contribution in [3.63, 3.8) is 0 Å². The molecular formula is C14H29NO2. The molecule has 1 saturated carbocycles. The van der Waals surface area contributed by atoms with Gasteiger partial charge in [-0.3, -0.25) is 0 Å². The molecule has 3 atom stereocenters. The summed E-state index contributed by atoms with van der Waals surface area (Å²) in [5, 5.41) is 12.1. The zero-order valence-corrected chi connectivity index (χ0v) is 11.8. The molecule has 3 unspecified atom stereocenters. The molecule has 0 amide bonds. The van der Waals surface area contributed by atoms with Gasteiger partial charge in [0.05, 0.1) is 12.7 Å². The highest BCUT2D eigenvalue weighted by atomic mass is 16.5. The number of nitrogens with one attached hydrogen (secondary N) is 1. The predicted octanol–water partition coefficient (Wildman–Crippen LogP) is 2.19. The number of ether oxygens (including phenoxy) is 1. The minimum Gasteiger partial charge on any atom is -0.396 e. The van der Waals surface area contributed by atoms with Crippen molar-refractivity contribution in [3.8, 4) is 0 Å². The largest absolute Gasteiger partial charge is 0.396 e. The van der Waals surface area contributed by atoms with E-state index in [-0.39, 0.29) is 12.6 Å². The lowest BCUT2D eigenvalue weighted by Crippen LogP contribution is -2.37. The Morgan fingerprint density at radius 3 is 2.65 bits per heavy atom. The van der Waals surface area contributed by atoms with Gasteiger partial charge in [0.15, 0.2) is 0 Å². The summed E-state index contributed by atoms with van der Waals surface area (Å²) >= 11 is 0. The summed E-state index contributed by atoms with van der Waals surface area (Å²) in [4.78, 5) is 0. The Morgan fingerprint density at radius 1 is 1.41 bits per heavy atom. The molecule has 1 aliphatic carbocycles. The van der Waals surface area contributed by atoms with Crippen LogP contribution in [0.5, 0.6) is 0 Å². The highest BCUT2D eigenvalue weighted by molar-refractivity contribution is 4.83. The first-order valence-electron chi connectivity index (χ1n) is 6.86. The lowest BCUT2D eigenvalue weighted by atomic mass is 9.71. The number of aliphatic hydroxyl groups is 1. The van der Waals surface area contributed by atoms with Crippen molar-refractivity contribution in [2.24, 2.45) is 11.3 Å². The van der Waals surface area contributed by atoms with Gasteiger partial charge in [-0.05, 0) is 44.1 Å². The molecule has 0 aliphatic heterocycles. The highest BCUT2D eigenvalue weighted by Gasteiger charge is 2.32. The molecule has 17 heavy (non-hydrogen) atoms. The molecule has 1 rings (SSSR count). The maximum absolute atomic E-state index is 8.93. The average molecular weight is 243 g/mol. The van der Waals surface area contributed by atoms with Crippen LogP contribution in [0.15, 0.2) is 0 Å². The second-order valence-corrected chi connectivity index (χ2v) is 6.37. The molecule has 0 aromatic heterocycles. The van der Waals surface area contributed by atoms with E-state index in [1.54, 1.807) is 0 Å². The van der Waals surface area contributed by atoms with E-state index in [9.17, 15) is 0 Å². The fourth-order valence-corrected chi connectivity index (χ4v) is 3.10. The van der Waals surface area contributed by atoms with Crippen molar-refractivity contribution in [1.29, 1.82) is 0 Å². The second-order valence-electron chi connectivity index (χ2n) is 6.37. The van der Waals surface area contributed by atoms with Crippen LogP contribution in [0.25, 0.3) is 0 Å². The summed E-state index contributed by atoms with van der Waals surface area (Å²) in [7, 11) is 1.93. The first-order valence-corrected chi connectivity index (χ1v) is 6.86. The van der Waals surface area contributed by atoms with Crippen molar-refractivity contribution < 1.29 is 9.84 Å². The summed E-state index contributed by atoms with van der Waals surface area (Å²) in [5.74, 6) is 0.759. The normalized spacial score (nSPS) is 30.2. The predicted molar refractivity (Wildman–Crippen MR) is 71.1 cm³/mol.